The van der Waals surface area contributed by atoms with E-state index in [1.54, 1.807) is 0 Å². The van der Waals surface area contributed by atoms with E-state index in [-0.39, 0.29) is 17.4 Å². The van der Waals surface area contributed by atoms with Gasteiger partial charge in [0.15, 0.2) is 0 Å². The van der Waals surface area contributed by atoms with Gasteiger partial charge in [-0.2, -0.15) is 0 Å². The normalized spacial score (nSPS) is 19.1. The van der Waals surface area contributed by atoms with Gasteiger partial charge in [-0.15, -0.1) is 0 Å². The van der Waals surface area contributed by atoms with Crippen LogP contribution in [0.15, 0.2) is 30.3 Å². The fourth-order valence-electron chi connectivity index (χ4n) is 2.45. The minimum atomic E-state index is -0.260. The van der Waals surface area contributed by atoms with Crippen LogP contribution < -0.4 is 5.32 Å². The minimum absolute atomic E-state index is 0.209. The van der Waals surface area contributed by atoms with Gasteiger partial charge >= 0.3 is 0 Å². The van der Waals surface area contributed by atoms with Crippen LogP contribution in [0.1, 0.15) is 45.6 Å². The van der Waals surface area contributed by atoms with Gasteiger partial charge in [-0.25, -0.2) is 0 Å². The third kappa shape index (κ3) is 2.29. The maximum absolute atomic E-state index is 12.6. The third-order valence-electron chi connectivity index (χ3n) is 4.33. The summed E-state index contributed by atoms with van der Waals surface area (Å²) >= 11 is 0. The Hall–Kier alpha value is -1.31. The number of nitrogens with one attached hydrogen (secondary N) is 1. The minimum Gasteiger partial charge on any atom is -0.353 e. The maximum atomic E-state index is 12.6. The van der Waals surface area contributed by atoms with E-state index in [0.717, 1.165) is 19.3 Å². The lowest BCUT2D eigenvalue weighted by atomic mass is 9.63. The van der Waals surface area contributed by atoms with Gasteiger partial charge in [-0.1, -0.05) is 50.6 Å². The summed E-state index contributed by atoms with van der Waals surface area (Å²) in [5.74, 6) is 0.683. The molecule has 0 aliphatic heterocycles. The molecule has 1 aliphatic carbocycles. The predicted octanol–water partition coefficient (Wildman–Crippen LogP) is 3.27. The van der Waals surface area contributed by atoms with Crippen LogP contribution in [0, 0.1) is 5.92 Å². The molecule has 1 aromatic carbocycles. The predicted molar refractivity (Wildman–Crippen MR) is 74.4 cm³/mol. The molecule has 1 amide bonds. The second kappa shape index (κ2) is 5.13. The van der Waals surface area contributed by atoms with Crippen molar-refractivity contribution in [1.82, 2.24) is 5.32 Å². The Balaban J connectivity index is 2.16. The van der Waals surface area contributed by atoms with Crippen LogP contribution in [-0.2, 0) is 10.2 Å². The number of hydrogen-bond donors (Lipinski definition) is 1. The van der Waals surface area contributed by atoms with Gasteiger partial charge in [0, 0.05) is 6.04 Å². The van der Waals surface area contributed by atoms with Gasteiger partial charge < -0.3 is 5.32 Å². The van der Waals surface area contributed by atoms with Crippen molar-refractivity contribution in [3.05, 3.63) is 35.9 Å². The quantitative estimate of drug-likeness (QED) is 0.866. The summed E-state index contributed by atoms with van der Waals surface area (Å²) < 4.78 is 0. The first-order valence-electron chi connectivity index (χ1n) is 6.93. The SMILES string of the molecule is CC(C)C(C)NC(=O)C1(c2ccccc2)CCC1. The lowest BCUT2D eigenvalue weighted by Gasteiger charge is -2.41. The zero-order chi connectivity index (χ0) is 13.2. The Morgan fingerprint density at radius 2 is 1.78 bits per heavy atom. The molecular formula is C16H23NO. The summed E-state index contributed by atoms with van der Waals surface area (Å²) in [6.07, 6.45) is 3.11. The molecule has 0 radical (unpaired) electrons. The van der Waals surface area contributed by atoms with Gasteiger partial charge in [0.05, 0.1) is 5.41 Å². The summed E-state index contributed by atoms with van der Waals surface area (Å²) in [6, 6.07) is 10.4. The number of carbonyl (C=O) groups excluding carboxylic acids is 1. The van der Waals surface area contributed by atoms with E-state index < -0.39 is 0 Å². The van der Waals surface area contributed by atoms with Crippen LogP contribution in [0.25, 0.3) is 0 Å². The van der Waals surface area contributed by atoms with E-state index in [1.165, 1.54) is 5.56 Å². The van der Waals surface area contributed by atoms with E-state index in [0.29, 0.717) is 5.92 Å². The Bertz CT molecular complexity index is 406. The third-order valence-corrected chi connectivity index (χ3v) is 4.33. The molecule has 1 saturated carbocycles. The molecule has 1 aliphatic rings. The average Bonchev–Trinajstić information content (AvgIpc) is 2.28. The summed E-state index contributed by atoms with van der Waals surface area (Å²) in [7, 11) is 0. The van der Waals surface area contributed by atoms with Crippen LogP contribution >= 0.6 is 0 Å². The van der Waals surface area contributed by atoms with Crippen molar-refractivity contribution in [3.63, 3.8) is 0 Å². The standard InChI is InChI=1S/C16H23NO/c1-12(2)13(3)17-15(18)16(10-7-11-16)14-8-5-4-6-9-14/h4-6,8-9,12-13H,7,10-11H2,1-3H3,(H,17,18). The lowest BCUT2D eigenvalue weighted by molar-refractivity contribution is -0.130. The molecule has 1 N–H and O–H groups in total. The molecule has 0 aromatic heterocycles. The van der Waals surface area contributed by atoms with Crippen LogP contribution in [0.4, 0.5) is 0 Å². The molecule has 0 bridgehead atoms. The molecule has 1 aromatic rings. The highest BCUT2D eigenvalue weighted by Crippen LogP contribution is 2.44. The first kappa shape index (κ1) is 13.1. The summed E-state index contributed by atoms with van der Waals surface area (Å²) in [5.41, 5.74) is 0.912. The number of amides is 1. The van der Waals surface area contributed by atoms with Gasteiger partial charge in [0.25, 0.3) is 0 Å². The molecule has 18 heavy (non-hydrogen) atoms. The van der Waals surface area contributed by atoms with Crippen LogP contribution in [0.3, 0.4) is 0 Å². The highest BCUT2D eigenvalue weighted by atomic mass is 16.2. The second-order valence-electron chi connectivity index (χ2n) is 5.81. The number of benzene rings is 1. The van der Waals surface area contributed by atoms with Crippen molar-refractivity contribution in [2.24, 2.45) is 5.92 Å². The first-order chi connectivity index (χ1) is 8.56. The van der Waals surface area contributed by atoms with Gasteiger partial charge in [-0.05, 0) is 31.2 Å². The molecule has 0 saturated heterocycles. The maximum Gasteiger partial charge on any atom is 0.230 e. The van der Waals surface area contributed by atoms with Crippen molar-refractivity contribution < 1.29 is 4.79 Å². The van der Waals surface area contributed by atoms with Gasteiger partial charge in [0.1, 0.15) is 0 Å². The zero-order valence-corrected chi connectivity index (χ0v) is 11.6. The molecule has 2 rings (SSSR count). The van der Waals surface area contributed by atoms with Crippen molar-refractivity contribution in [2.45, 2.75) is 51.5 Å². The number of hydrogen-bond acceptors (Lipinski definition) is 1. The molecule has 2 nitrogen and oxygen atoms in total. The molecule has 1 unspecified atom stereocenters. The van der Waals surface area contributed by atoms with Gasteiger partial charge in [-0.3, -0.25) is 4.79 Å². The Morgan fingerprint density at radius 1 is 1.17 bits per heavy atom. The number of rotatable bonds is 4. The monoisotopic (exact) mass is 245 g/mol. The van der Waals surface area contributed by atoms with E-state index in [1.807, 2.05) is 18.2 Å². The molecule has 0 spiro atoms. The zero-order valence-electron chi connectivity index (χ0n) is 11.6. The van der Waals surface area contributed by atoms with Crippen LogP contribution in [0.5, 0.6) is 0 Å². The average molecular weight is 245 g/mol. The first-order valence-corrected chi connectivity index (χ1v) is 6.93. The smallest absolute Gasteiger partial charge is 0.230 e. The molecule has 1 fully saturated rings. The Kier molecular flexibility index (Phi) is 3.74. The lowest BCUT2D eigenvalue weighted by Crippen LogP contribution is -2.52. The van der Waals surface area contributed by atoms with Crippen LogP contribution in [0.2, 0.25) is 0 Å². The summed E-state index contributed by atoms with van der Waals surface area (Å²) in [4.78, 5) is 12.6. The van der Waals surface area contributed by atoms with Crippen molar-refractivity contribution in [2.75, 3.05) is 0 Å². The fraction of sp³-hybridized carbons (Fsp3) is 0.562. The van der Waals surface area contributed by atoms with Gasteiger partial charge in [0.2, 0.25) is 5.91 Å². The van der Waals surface area contributed by atoms with Crippen molar-refractivity contribution in [1.29, 1.82) is 0 Å². The Morgan fingerprint density at radius 3 is 2.22 bits per heavy atom. The highest BCUT2D eigenvalue weighted by molar-refractivity contribution is 5.89. The molecule has 2 heteroatoms. The van der Waals surface area contributed by atoms with Crippen LogP contribution in [-0.4, -0.2) is 11.9 Å². The summed E-state index contributed by atoms with van der Waals surface area (Å²) in [5, 5.41) is 3.18. The number of carbonyl (C=O) groups is 1. The van der Waals surface area contributed by atoms with E-state index in [4.69, 9.17) is 0 Å². The molecule has 98 valence electrons. The Labute approximate surface area is 110 Å². The highest BCUT2D eigenvalue weighted by Gasteiger charge is 2.45. The fourth-order valence-corrected chi connectivity index (χ4v) is 2.45. The van der Waals surface area contributed by atoms with Crippen molar-refractivity contribution in [3.8, 4) is 0 Å². The van der Waals surface area contributed by atoms with E-state index in [9.17, 15) is 4.79 Å². The molecular weight excluding hydrogens is 222 g/mol. The molecule has 0 heterocycles. The van der Waals surface area contributed by atoms with E-state index >= 15 is 0 Å². The van der Waals surface area contributed by atoms with Crippen molar-refractivity contribution >= 4 is 5.91 Å². The molecule has 1 atom stereocenters. The summed E-state index contributed by atoms with van der Waals surface area (Å²) in [6.45, 7) is 6.36. The second-order valence-corrected chi connectivity index (χ2v) is 5.81. The topological polar surface area (TPSA) is 29.1 Å². The largest absolute Gasteiger partial charge is 0.353 e. The van der Waals surface area contributed by atoms with E-state index in [2.05, 4.69) is 38.2 Å².